The van der Waals surface area contributed by atoms with Crippen LogP contribution in [-0.4, -0.2) is 33.2 Å². The van der Waals surface area contributed by atoms with Gasteiger partial charge in [0.2, 0.25) is 11.8 Å². The minimum Gasteiger partial charge on any atom is -0.387 e. The molecular weight excluding hydrogens is 813 g/mol. The maximum absolute atomic E-state index is 15.8. The van der Waals surface area contributed by atoms with Crippen LogP contribution >= 0.6 is 0 Å². The average molecular weight is 871 g/mol. The van der Waals surface area contributed by atoms with E-state index in [4.69, 9.17) is 0 Å². The summed E-state index contributed by atoms with van der Waals surface area (Å²) >= 11 is 0. The third kappa shape index (κ3) is 9.58. The molecule has 0 heterocycles. The van der Waals surface area contributed by atoms with Gasteiger partial charge in [-0.15, -0.1) is 0 Å². The Bertz CT molecular complexity index is 2590. The van der Waals surface area contributed by atoms with Crippen LogP contribution in [0.25, 0.3) is 21.5 Å². The van der Waals surface area contributed by atoms with Crippen LogP contribution in [0, 0.1) is 5.41 Å². The van der Waals surface area contributed by atoms with Crippen LogP contribution in [0.2, 0.25) is 0 Å². The number of hydrogen-bond donors (Lipinski definition) is 4. The molecule has 1 fully saturated rings. The molecular formula is C60H58N2O4. The molecule has 0 aromatic heterocycles. The maximum atomic E-state index is 15.8. The lowest BCUT2D eigenvalue weighted by atomic mass is 9.70. The van der Waals surface area contributed by atoms with E-state index >= 15 is 9.59 Å². The third-order valence-electron chi connectivity index (χ3n) is 13.9. The summed E-state index contributed by atoms with van der Waals surface area (Å²) in [5.41, 5.74) is 0.669. The van der Waals surface area contributed by atoms with E-state index < -0.39 is 40.5 Å². The van der Waals surface area contributed by atoms with Crippen LogP contribution in [0.1, 0.15) is 77.6 Å². The second-order valence-electron chi connectivity index (χ2n) is 18.4. The molecule has 4 N–H and O–H groups in total. The Hall–Kier alpha value is -6.86. The Morgan fingerprint density at radius 2 is 0.712 bits per heavy atom. The molecule has 1 aliphatic rings. The number of carbonyl (C=O) groups is 2. The summed E-state index contributed by atoms with van der Waals surface area (Å²) in [6.45, 7) is 0. The molecule has 1 saturated carbocycles. The molecule has 0 aliphatic heterocycles. The number of amides is 2. The Balaban J connectivity index is 1.17. The highest BCUT2D eigenvalue weighted by atomic mass is 16.3. The molecule has 66 heavy (non-hydrogen) atoms. The summed E-state index contributed by atoms with van der Waals surface area (Å²) in [6, 6.07) is 65.9. The molecule has 0 spiro atoms. The van der Waals surface area contributed by atoms with Gasteiger partial charge < -0.3 is 20.8 Å². The second kappa shape index (κ2) is 19.7. The summed E-state index contributed by atoms with van der Waals surface area (Å²) in [5.74, 6) is -0.855. The van der Waals surface area contributed by atoms with Gasteiger partial charge >= 0.3 is 0 Å². The van der Waals surface area contributed by atoms with Crippen molar-refractivity contribution in [2.24, 2.45) is 5.41 Å². The van der Waals surface area contributed by atoms with Crippen LogP contribution in [0.5, 0.6) is 0 Å². The fourth-order valence-electron chi connectivity index (χ4n) is 10.6. The van der Waals surface area contributed by atoms with Gasteiger partial charge in [0.25, 0.3) is 0 Å². The molecule has 1 aliphatic carbocycles. The van der Waals surface area contributed by atoms with Crippen molar-refractivity contribution in [2.45, 2.75) is 81.1 Å². The topological polar surface area (TPSA) is 98.7 Å². The monoisotopic (exact) mass is 870 g/mol. The zero-order chi connectivity index (χ0) is 45.4. The average Bonchev–Trinajstić information content (AvgIpc) is 3.35. The predicted octanol–water partition coefficient (Wildman–Crippen LogP) is 11.4. The molecule has 0 saturated heterocycles. The van der Waals surface area contributed by atoms with E-state index in [0.29, 0.717) is 25.7 Å². The van der Waals surface area contributed by atoms with Gasteiger partial charge in [-0.2, -0.15) is 0 Å². The van der Waals surface area contributed by atoms with Crippen molar-refractivity contribution in [3.8, 4) is 0 Å². The van der Waals surface area contributed by atoms with Crippen molar-refractivity contribution in [2.75, 3.05) is 0 Å². The number of carbonyl (C=O) groups excluding carboxylic acids is 2. The highest BCUT2D eigenvalue weighted by Crippen LogP contribution is 2.44. The number of aliphatic hydroxyl groups is 2. The van der Waals surface area contributed by atoms with Gasteiger partial charge in [-0.05, 0) is 67.8 Å². The molecule has 8 aromatic rings. The standard InChI is InChI=1S/C60H58N2O4/c63-56(61-54(52-36-20-32-48-30-14-16-34-50(48)52)59(65,40-44-22-6-1-7-23-44)41-45-24-8-2-9-25-45)58(38-18-5-19-39-58)57(64)62-55(53-37-21-33-49-31-15-17-35-51(49)53)60(66,42-46-26-10-3-11-27-46)43-47-28-12-4-13-29-47/h1-4,6-17,20-37,54-55,65-66H,5,18-19,38-43H2,(H,61,63)(H,62,64)/t54-,55-/m0/s1. The summed E-state index contributed by atoms with van der Waals surface area (Å²) in [5, 5.41) is 37.7. The van der Waals surface area contributed by atoms with E-state index in [1.807, 2.05) is 206 Å². The first kappa shape index (κ1) is 44.3. The number of hydrogen-bond acceptors (Lipinski definition) is 4. The largest absolute Gasteiger partial charge is 0.387 e. The van der Waals surface area contributed by atoms with Crippen molar-refractivity contribution in [3.05, 3.63) is 240 Å². The van der Waals surface area contributed by atoms with E-state index in [2.05, 4.69) is 10.6 Å². The lowest BCUT2D eigenvalue weighted by Gasteiger charge is -2.43. The first-order valence-corrected chi connectivity index (χ1v) is 23.4. The lowest BCUT2D eigenvalue weighted by Crippen LogP contribution is -2.59. The number of rotatable bonds is 16. The summed E-state index contributed by atoms with van der Waals surface area (Å²) in [6.07, 6.45) is 3.85. The molecule has 0 unspecified atom stereocenters. The van der Waals surface area contributed by atoms with Gasteiger partial charge in [-0.3, -0.25) is 9.59 Å². The normalized spacial score (nSPS) is 14.9. The number of benzene rings is 8. The van der Waals surface area contributed by atoms with Crippen LogP contribution < -0.4 is 10.6 Å². The Kier molecular flexibility index (Phi) is 13.2. The van der Waals surface area contributed by atoms with Gasteiger partial charge in [-0.1, -0.05) is 226 Å². The van der Waals surface area contributed by atoms with Gasteiger partial charge in [0.1, 0.15) is 5.41 Å². The smallest absolute Gasteiger partial charge is 0.236 e. The molecule has 6 heteroatoms. The van der Waals surface area contributed by atoms with E-state index in [9.17, 15) is 10.2 Å². The first-order chi connectivity index (χ1) is 32.2. The maximum Gasteiger partial charge on any atom is 0.236 e. The molecule has 8 aromatic carbocycles. The van der Waals surface area contributed by atoms with E-state index in [-0.39, 0.29) is 25.7 Å². The fraction of sp³-hybridized carbons (Fsp3) is 0.233. The molecule has 0 radical (unpaired) electrons. The molecule has 2 amide bonds. The zero-order valence-corrected chi connectivity index (χ0v) is 37.4. The summed E-state index contributed by atoms with van der Waals surface area (Å²) in [7, 11) is 0. The number of fused-ring (bicyclic) bond motifs is 2. The van der Waals surface area contributed by atoms with Crippen molar-refractivity contribution in [3.63, 3.8) is 0 Å². The first-order valence-electron chi connectivity index (χ1n) is 23.4. The van der Waals surface area contributed by atoms with Crippen molar-refractivity contribution in [1.29, 1.82) is 0 Å². The molecule has 9 rings (SSSR count). The molecule has 0 bridgehead atoms. The van der Waals surface area contributed by atoms with E-state index in [1.54, 1.807) is 0 Å². The van der Waals surface area contributed by atoms with Gasteiger partial charge in [0.05, 0.1) is 23.3 Å². The van der Waals surface area contributed by atoms with Crippen LogP contribution in [-0.2, 0) is 35.3 Å². The van der Waals surface area contributed by atoms with Gasteiger partial charge in [0.15, 0.2) is 0 Å². The minimum absolute atomic E-state index is 0.241. The van der Waals surface area contributed by atoms with Crippen molar-refractivity contribution >= 4 is 33.4 Å². The lowest BCUT2D eigenvalue weighted by molar-refractivity contribution is -0.150. The summed E-state index contributed by atoms with van der Waals surface area (Å²) < 4.78 is 0. The molecule has 6 nitrogen and oxygen atoms in total. The van der Waals surface area contributed by atoms with Crippen molar-refractivity contribution in [1.82, 2.24) is 10.6 Å². The second-order valence-corrected chi connectivity index (χ2v) is 18.4. The number of nitrogens with one attached hydrogen (secondary N) is 2. The van der Waals surface area contributed by atoms with E-state index in [1.165, 1.54) is 0 Å². The third-order valence-corrected chi connectivity index (χ3v) is 13.9. The highest BCUT2D eigenvalue weighted by molar-refractivity contribution is 6.06. The highest BCUT2D eigenvalue weighted by Gasteiger charge is 2.52. The van der Waals surface area contributed by atoms with E-state index in [0.717, 1.165) is 61.3 Å². The predicted molar refractivity (Wildman–Crippen MR) is 266 cm³/mol. The van der Waals surface area contributed by atoms with Crippen LogP contribution in [0.4, 0.5) is 0 Å². The van der Waals surface area contributed by atoms with Crippen LogP contribution in [0.15, 0.2) is 206 Å². The Morgan fingerprint density at radius 1 is 0.409 bits per heavy atom. The van der Waals surface area contributed by atoms with Gasteiger partial charge in [-0.25, -0.2) is 0 Å². The minimum atomic E-state index is -1.54. The Labute approximate surface area is 388 Å². The van der Waals surface area contributed by atoms with Gasteiger partial charge in [0, 0.05) is 25.7 Å². The molecule has 332 valence electrons. The van der Waals surface area contributed by atoms with Crippen molar-refractivity contribution < 1.29 is 19.8 Å². The fourth-order valence-corrected chi connectivity index (χ4v) is 10.6. The quantitative estimate of drug-likeness (QED) is 0.0727. The zero-order valence-electron chi connectivity index (χ0n) is 37.4. The molecule has 2 atom stereocenters. The Morgan fingerprint density at radius 3 is 1.06 bits per heavy atom. The SMILES string of the molecule is O=C(N[C@@H](c1cccc2ccccc12)C(O)(Cc1ccccc1)Cc1ccccc1)C1(C(=O)N[C@@H](c2cccc3ccccc23)C(O)(Cc2ccccc2)Cc2ccccc2)CCCCC1. The van der Waals surface area contributed by atoms with Crippen LogP contribution in [0.3, 0.4) is 0 Å². The summed E-state index contributed by atoms with van der Waals surface area (Å²) in [4.78, 5) is 31.7.